The van der Waals surface area contributed by atoms with Crippen LogP contribution in [0.15, 0.2) is 12.1 Å². The fourth-order valence-electron chi connectivity index (χ4n) is 3.02. The molecule has 2 nitrogen and oxygen atoms in total. The van der Waals surface area contributed by atoms with E-state index in [1.54, 1.807) is 0 Å². The number of aliphatic hydroxyl groups is 1. The number of hydrogen-bond acceptors (Lipinski definition) is 2. The molecule has 1 heterocycles. The van der Waals surface area contributed by atoms with Gasteiger partial charge in [-0.2, -0.15) is 0 Å². The summed E-state index contributed by atoms with van der Waals surface area (Å²) in [7, 11) is 0. The minimum absolute atomic E-state index is 0.667. The number of benzene rings is 1. The summed E-state index contributed by atoms with van der Waals surface area (Å²) in [6, 6.07) is 4.32. The minimum Gasteiger partial charge on any atom is -0.384 e. The number of rotatable bonds is 1. The first kappa shape index (κ1) is 11.6. The summed E-state index contributed by atoms with van der Waals surface area (Å²) in [5, 5.41) is 14.0. The summed E-state index contributed by atoms with van der Waals surface area (Å²) in [6.45, 7) is 8.00. The molecule has 2 heteroatoms. The van der Waals surface area contributed by atoms with E-state index in [-0.39, 0.29) is 0 Å². The Hall–Kier alpha value is -0.860. The van der Waals surface area contributed by atoms with Gasteiger partial charge in [0.2, 0.25) is 0 Å². The Bertz CT molecular complexity index is 369. The van der Waals surface area contributed by atoms with Crippen molar-refractivity contribution in [3.63, 3.8) is 0 Å². The first-order valence-electron chi connectivity index (χ1n) is 6.04. The monoisotopic (exact) mass is 219 g/mol. The zero-order valence-electron chi connectivity index (χ0n) is 10.4. The largest absolute Gasteiger partial charge is 0.384 e. The second kappa shape index (κ2) is 4.19. The van der Waals surface area contributed by atoms with Crippen LogP contribution >= 0.6 is 0 Å². The molecule has 0 radical (unpaired) electrons. The second-order valence-electron chi connectivity index (χ2n) is 5.09. The summed E-state index contributed by atoms with van der Waals surface area (Å²) in [4.78, 5) is 0. The lowest BCUT2D eigenvalue weighted by atomic mass is 9.81. The summed E-state index contributed by atoms with van der Waals surface area (Å²) in [6.07, 6.45) is 1.91. The van der Waals surface area contributed by atoms with Crippen LogP contribution in [0, 0.1) is 20.8 Å². The van der Waals surface area contributed by atoms with E-state index < -0.39 is 5.60 Å². The number of nitrogens with one attached hydrogen (secondary N) is 1. The lowest BCUT2D eigenvalue weighted by Crippen LogP contribution is -2.44. The fourth-order valence-corrected chi connectivity index (χ4v) is 3.02. The molecule has 1 aromatic carbocycles. The molecule has 16 heavy (non-hydrogen) atoms. The number of aryl methyl sites for hydroxylation is 3. The quantitative estimate of drug-likeness (QED) is 0.759. The van der Waals surface area contributed by atoms with Crippen LogP contribution in [0.4, 0.5) is 0 Å². The molecule has 0 spiro atoms. The van der Waals surface area contributed by atoms with Gasteiger partial charge in [0, 0.05) is 6.54 Å². The van der Waals surface area contributed by atoms with Gasteiger partial charge >= 0.3 is 0 Å². The highest BCUT2D eigenvalue weighted by molar-refractivity contribution is 5.41. The standard InChI is InChI=1S/C14H21NO/c1-10-7-11(2)13(12(3)8-10)14(16)5-4-6-15-9-14/h7-8,15-16H,4-6,9H2,1-3H3. The van der Waals surface area contributed by atoms with Gasteiger partial charge in [-0.25, -0.2) is 0 Å². The van der Waals surface area contributed by atoms with Crippen LogP contribution in [0.25, 0.3) is 0 Å². The maximum Gasteiger partial charge on any atom is 0.103 e. The predicted molar refractivity (Wildman–Crippen MR) is 66.7 cm³/mol. The van der Waals surface area contributed by atoms with Crippen molar-refractivity contribution in [1.82, 2.24) is 5.32 Å². The molecule has 1 aliphatic rings. The van der Waals surface area contributed by atoms with Crippen LogP contribution in [-0.2, 0) is 5.60 Å². The average molecular weight is 219 g/mol. The first-order chi connectivity index (χ1) is 7.53. The van der Waals surface area contributed by atoms with Crippen LogP contribution in [0.2, 0.25) is 0 Å². The van der Waals surface area contributed by atoms with Crippen molar-refractivity contribution in [2.75, 3.05) is 13.1 Å². The van der Waals surface area contributed by atoms with Crippen molar-refractivity contribution in [1.29, 1.82) is 0 Å². The van der Waals surface area contributed by atoms with Crippen LogP contribution in [0.1, 0.15) is 35.1 Å². The van der Waals surface area contributed by atoms with E-state index in [4.69, 9.17) is 0 Å². The Morgan fingerprint density at radius 1 is 1.19 bits per heavy atom. The molecular weight excluding hydrogens is 198 g/mol. The highest BCUT2D eigenvalue weighted by Crippen LogP contribution is 2.33. The van der Waals surface area contributed by atoms with Crippen molar-refractivity contribution in [3.8, 4) is 0 Å². The second-order valence-corrected chi connectivity index (χ2v) is 5.09. The normalized spacial score (nSPS) is 25.8. The van der Waals surface area contributed by atoms with Gasteiger partial charge in [0.25, 0.3) is 0 Å². The maximum atomic E-state index is 10.7. The molecule has 0 saturated carbocycles. The Morgan fingerprint density at radius 2 is 1.81 bits per heavy atom. The van der Waals surface area contributed by atoms with E-state index >= 15 is 0 Å². The molecular formula is C14H21NO. The lowest BCUT2D eigenvalue weighted by molar-refractivity contribution is 0.0112. The molecule has 2 N–H and O–H groups in total. The van der Waals surface area contributed by atoms with Crippen molar-refractivity contribution in [3.05, 3.63) is 34.4 Å². The molecule has 0 amide bonds. The molecule has 88 valence electrons. The summed E-state index contributed by atoms with van der Waals surface area (Å²) in [5.74, 6) is 0. The maximum absolute atomic E-state index is 10.7. The predicted octanol–water partition coefficient (Wildman–Crippen LogP) is 2.18. The third-order valence-corrected chi connectivity index (χ3v) is 3.50. The summed E-state index contributed by atoms with van der Waals surface area (Å²) >= 11 is 0. The topological polar surface area (TPSA) is 32.3 Å². The van der Waals surface area contributed by atoms with Crippen LogP contribution < -0.4 is 5.32 Å². The number of piperidine rings is 1. The molecule has 1 saturated heterocycles. The fraction of sp³-hybridized carbons (Fsp3) is 0.571. The molecule has 0 aromatic heterocycles. The van der Waals surface area contributed by atoms with Gasteiger partial charge < -0.3 is 10.4 Å². The molecule has 1 aromatic rings. The van der Waals surface area contributed by atoms with E-state index in [9.17, 15) is 5.11 Å². The SMILES string of the molecule is Cc1cc(C)c(C2(O)CCCNC2)c(C)c1. The van der Waals surface area contributed by atoms with Gasteiger partial charge in [-0.05, 0) is 56.8 Å². The number of hydrogen-bond donors (Lipinski definition) is 2. The Labute approximate surface area is 97.7 Å². The smallest absolute Gasteiger partial charge is 0.103 e. The van der Waals surface area contributed by atoms with Gasteiger partial charge in [-0.15, -0.1) is 0 Å². The van der Waals surface area contributed by atoms with Gasteiger partial charge in [-0.3, -0.25) is 0 Å². The van der Waals surface area contributed by atoms with E-state index in [1.165, 1.54) is 16.7 Å². The molecule has 1 aliphatic heterocycles. The first-order valence-corrected chi connectivity index (χ1v) is 6.04. The van der Waals surface area contributed by atoms with Gasteiger partial charge in [0.1, 0.15) is 5.60 Å². The van der Waals surface area contributed by atoms with Crippen molar-refractivity contribution in [2.24, 2.45) is 0 Å². The molecule has 1 fully saturated rings. The van der Waals surface area contributed by atoms with E-state index in [0.717, 1.165) is 24.9 Å². The zero-order valence-corrected chi connectivity index (χ0v) is 10.4. The molecule has 1 unspecified atom stereocenters. The summed E-state index contributed by atoms with van der Waals surface area (Å²) < 4.78 is 0. The Balaban J connectivity index is 2.46. The highest BCUT2D eigenvalue weighted by atomic mass is 16.3. The Kier molecular flexibility index (Phi) is 3.04. The minimum atomic E-state index is -0.667. The average Bonchev–Trinajstić information content (AvgIpc) is 2.16. The van der Waals surface area contributed by atoms with E-state index in [2.05, 4.69) is 38.2 Å². The van der Waals surface area contributed by atoms with Crippen molar-refractivity contribution in [2.45, 2.75) is 39.2 Å². The molecule has 1 atom stereocenters. The zero-order chi connectivity index (χ0) is 11.8. The van der Waals surface area contributed by atoms with Gasteiger partial charge in [0.05, 0.1) is 0 Å². The highest BCUT2D eigenvalue weighted by Gasteiger charge is 2.33. The van der Waals surface area contributed by atoms with Crippen molar-refractivity contribution < 1.29 is 5.11 Å². The molecule has 0 aliphatic carbocycles. The van der Waals surface area contributed by atoms with Gasteiger partial charge in [0.15, 0.2) is 0 Å². The Morgan fingerprint density at radius 3 is 2.31 bits per heavy atom. The van der Waals surface area contributed by atoms with Gasteiger partial charge in [-0.1, -0.05) is 17.7 Å². The molecule has 0 bridgehead atoms. The number of β-amino-alcohol motifs (C(OH)–C–C–N with tert-alkyl or cyclic N) is 1. The molecule has 2 rings (SSSR count). The van der Waals surface area contributed by atoms with E-state index in [0.29, 0.717) is 6.54 Å². The van der Waals surface area contributed by atoms with Crippen LogP contribution in [-0.4, -0.2) is 18.2 Å². The third kappa shape index (κ3) is 2.00. The lowest BCUT2D eigenvalue weighted by Gasteiger charge is -2.35. The summed E-state index contributed by atoms with van der Waals surface area (Å²) in [5.41, 5.74) is 4.16. The van der Waals surface area contributed by atoms with Crippen LogP contribution in [0.5, 0.6) is 0 Å². The van der Waals surface area contributed by atoms with Crippen molar-refractivity contribution >= 4 is 0 Å². The van der Waals surface area contributed by atoms with Crippen LogP contribution in [0.3, 0.4) is 0 Å². The van der Waals surface area contributed by atoms with E-state index in [1.807, 2.05) is 0 Å². The third-order valence-electron chi connectivity index (χ3n) is 3.50.